The van der Waals surface area contributed by atoms with Crippen molar-refractivity contribution in [1.82, 2.24) is 15.0 Å². The molecule has 2 heterocycles. The standard InChI is InChI=1S/C19H17N5O3/c1-10-4-5-13-12(6-10)17-18(22-13)19(21-9-20-17)23-14-8-16(27-3)15(24(25)26)7-11(14)2/h4-9,22H,1-3H3,(H,20,21,23). The average molecular weight is 363 g/mol. The number of aromatic nitrogens is 3. The third-order valence-corrected chi connectivity index (χ3v) is 4.51. The molecule has 0 unspecified atom stereocenters. The summed E-state index contributed by atoms with van der Waals surface area (Å²) in [4.78, 5) is 22.8. The number of aromatic amines is 1. The van der Waals surface area contributed by atoms with Crippen LogP contribution in [0.15, 0.2) is 36.7 Å². The Hall–Kier alpha value is -3.68. The maximum absolute atomic E-state index is 11.2. The second kappa shape index (κ2) is 6.24. The minimum absolute atomic E-state index is 0.0746. The smallest absolute Gasteiger partial charge is 0.311 e. The van der Waals surface area contributed by atoms with Crippen LogP contribution < -0.4 is 10.1 Å². The van der Waals surface area contributed by atoms with E-state index in [0.717, 1.165) is 27.5 Å². The molecular weight excluding hydrogens is 346 g/mol. The van der Waals surface area contributed by atoms with E-state index in [9.17, 15) is 10.1 Å². The molecule has 0 spiro atoms. The Bertz CT molecular complexity index is 1200. The first kappa shape index (κ1) is 16.8. The molecule has 0 amide bonds. The Morgan fingerprint density at radius 3 is 2.74 bits per heavy atom. The highest BCUT2D eigenvalue weighted by Gasteiger charge is 2.18. The van der Waals surface area contributed by atoms with Crippen molar-refractivity contribution in [3.05, 3.63) is 57.9 Å². The van der Waals surface area contributed by atoms with Gasteiger partial charge in [-0.25, -0.2) is 9.97 Å². The highest BCUT2D eigenvalue weighted by molar-refractivity contribution is 6.08. The quantitative estimate of drug-likeness (QED) is 0.411. The zero-order valence-electron chi connectivity index (χ0n) is 15.0. The molecule has 2 aromatic heterocycles. The third kappa shape index (κ3) is 2.80. The molecule has 2 aromatic carbocycles. The zero-order chi connectivity index (χ0) is 19.1. The number of hydrogen-bond acceptors (Lipinski definition) is 6. The molecule has 4 rings (SSSR count). The lowest BCUT2D eigenvalue weighted by Gasteiger charge is -2.11. The maximum atomic E-state index is 11.2. The topological polar surface area (TPSA) is 106 Å². The lowest BCUT2D eigenvalue weighted by molar-refractivity contribution is -0.385. The summed E-state index contributed by atoms with van der Waals surface area (Å²) in [6.07, 6.45) is 1.50. The molecule has 0 aliphatic rings. The molecule has 0 atom stereocenters. The van der Waals surface area contributed by atoms with E-state index < -0.39 is 4.92 Å². The van der Waals surface area contributed by atoms with Crippen molar-refractivity contribution in [1.29, 1.82) is 0 Å². The summed E-state index contributed by atoms with van der Waals surface area (Å²) in [6.45, 7) is 3.83. The fourth-order valence-corrected chi connectivity index (χ4v) is 3.14. The fourth-order valence-electron chi connectivity index (χ4n) is 3.14. The monoisotopic (exact) mass is 363 g/mol. The number of fused-ring (bicyclic) bond motifs is 3. The third-order valence-electron chi connectivity index (χ3n) is 4.51. The summed E-state index contributed by atoms with van der Waals surface area (Å²) in [5.41, 5.74) is 5.01. The number of H-pyrrole nitrogens is 1. The lowest BCUT2D eigenvalue weighted by Crippen LogP contribution is -2.00. The van der Waals surface area contributed by atoms with Crippen LogP contribution in [0.25, 0.3) is 21.9 Å². The molecule has 0 bridgehead atoms. The van der Waals surface area contributed by atoms with E-state index in [4.69, 9.17) is 4.74 Å². The first-order chi connectivity index (χ1) is 13.0. The van der Waals surface area contributed by atoms with Crippen molar-refractivity contribution < 1.29 is 9.66 Å². The van der Waals surface area contributed by atoms with Crippen LogP contribution in [0.5, 0.6) is 5.75 Å². The van der Waals surface area contributed by atoms with E-state index >= 15 is 0 Å². The SMILES string of the molecule is COc1cc(Nc2ncnc3c2[nH]c2ccc(C)cc23)c(C)cc1[N+](=O)[O-]. The minimum atomic E-state index is -0.460. The van der Waals surface area contributed by atoms with Gasteiger partial charge < -0.3 is 15.0 Å². The number of benzene rings is 2. The molecule has 2 N–H and O–H groups in total. The van der Waals surface area contributed by atoms with Crippen LogP contribution in [0, 0.1) is 24.0 Å². The zero-order valence-corrected chi connectivity index (χ0v) is 15.0. The predicted octanol–water partition coefficient (Wildman–Crippen LogP) is 4.39. The summed E-state index contributed by atoms with van der Waals surface area (Å²) >= 11 is 0. The summed E-state index contributed by atoms with van der Waals surface area (Å²) in [5, 5.41) is 15.5. The van der Waals surface area contributed by atoms with Crippen LogP contribution >= 0.6 is 0 Å². The van der Waals surface area contributed by atoms with Gasteiger partial charge in [-0.3, -0.25) is 10.1 Å². The number of methoxy groups -OCH3 is 1. The highest BCUT2D eigenvalue weighted by Crippen LogP contribution is 2.35. The molecule has 0 saturated carbocycles. The van der Waals surface area contributed by atoms with Gasteiger partial charge in [0, 0.05) is 28.7 Å². The van der Waals surface area contributed by atoms with Crippen molar-refractivity contribution >= 4 is 39.1 Å². The minimum Gasteiger partial charge on any atom is -0.490 e. The van der Waals surface area contributed by atoms with Crippen LogP contribution in [-0.2, 0) is 0 Å². The van der Waals surface area contributed by atoms with E-state index in [1.807, 2.05) is 19.1 Å². The van der Waals surface area contributed by atoms with E-state index in [0.29, 0.717) is 17.1 Å². The molecule has 27 heavy (non-hydrogen) atoms. The van der Waals surface area contributed by atoms with Crippen molar-refractivity contribution in [2.24, 2.45) is 0 Å². The predicted molar refractivity (Wildman–Crippen MR) is 104 cm³/mol. The summed E-state index contributed by atoms with van der Waals surface area (Å²) in [5.74, 6) is 0.776. The average Bonchev–Trinajstić information content (AvgIpc) is 3.02. The second-order valence-electron chi connectivity index (χ2n) is 6.34. The van der Waals surface area contributed by atoms with Gasteiger partial charge in [-0.15, -0.1) is 0 Å². The summed E-state index contributed by atoms with van der Waals surface area (Å²) in [6, 6.07) is 9.20. The number of hydrogen-bond donors (Lipinski definition) is 2. The molecule has 8 nitrogen and oxygen atoms in total. The van der Waals surface area contributed by atoms with Gasteiger partial charge in [0.1, 0.15) is 17.4 Å². The second-order valence-corrected chi connectivity index (χ2v) is 6.34. The van der Waals surface area contributed by atoms with E-state index in [1.165, 1.54) is 19.5 Å². The molecular formula is C19H17N5O3. The van der Waals surface area contributed by atoms with Crippen LogP contribution in [0.4, 0.5) is 17.2 Å². The van der Waals surface area contributed by atoms with Crippen LogP contribution in [-0.4, -0.2) is 27.0 Å². The van der Waals surface area contributed by atoms with E-state index in [2.05, 4.69) is 26.3 Å². The Balaban J connectivity index is 1.84. The molecule has 0 aliphatic heterocycles. The van der Waals surface area contributed by atoms with Crippen molar-refractivity contribution in [2.45, 2.75) is 13.8 Å². The number of nitrogens with one attached hydrogen (secondary N) is 2. The maximum Gasteiger partial charge on any atom is 0.311 e. The number of nitrogens with zero attached hydrogens (tertiary/aromatic N) is 3. The molecule has 0 aliphatic carbocycles. The number of rotatable bonds is 4. The fraction of sp³-hybridized carbons (Fsp3) is 0.158. The summed E-state index contributed by atoms with van der Waals surface area (Å²) in [7, 11) is 1.41. The van der Waals surface area contributed by atoms with Gasteiger partial charge in [0.2, 0.25) is 0 Å². The van der Waals surface area contributed by atoms with Gasteiger partial charge >= 0.3 is 5.69 Å². The van der Waals surface area contributed by atoms with E-state index in [-0.39, 0.29) is 11.4 Å². The summed E-state index contributed by atoms with van der Waals surface area (Å²) < 4.78 is 5.17. The first-order valence-corrected chi connectivity index (χ1v) is 8.31. The Morgan fingerprint density at radius 1 is 1.19 bits per heavy atom. The van der Waals surface area contributed by atoms with Crippen LogP contribution in [0.2, 0.25) is 0 Å². The lowest BCUT2D eigenvalue weighted by atomic mass is 10.1. The van der Waals surface area contributed by atoms with Gasteiger partial charge in [0.05, 0.1) is 12.0 Å². The van der Waals surface area contributed by atoms with Gasteiger partial charge in [-0.1, -0.05) is 11.6 Å². The Labute approximate surface area is 154 Å². The normalized spacial score (nSPS) is 11.1. The number of aryl methyl sites for hydroxylation is 2. The Kier molecular flexibility index (Phi) is 3.88. The van der Waals surface area contributed by atoms with Crippen molar-refractivity contribution in [3.8, 4) is 5.75 Å². The number of nitro benzene ring substituents is 1. The number of nitro groups is 1. The molecule has 8 heteroatoms. The highest BCUT2D eigenvalue weighted by atomic mass is 16.6. The van der Waals surface area contributed by atoms with Crippen molar-refractivity contribution in [3.63, 3.8) is 0 Å². The van der Waals surface area contributed by atoms with Crippen LogP contribution in [0.3, 0.4) is 0 Å². The van der Waals surface area contributed by atoms with Gasteiger partial charge in [0.15, 0.2) is 11.6 Å². The van der Waals surface area contributed by atoms with Gasteiger partial charge in [0.25, 0.3) is 0 Å². The van der Waals surface area contributed by atoms with E-state index in [1.54, 1.807) is 13.0 Å². The van der Waals surface area contributed by atoms with Crippen LogP contribution in [0.1, 0.15) is 11.1 Å². The molecule has 0 radical (unpaired) electrons. The Morgan fingerprint density at radius 2 is 2.00 bits per heavy atom. The first-order valence-electron chi connectivity index (χ1n) is 8.31. The molecule has 0 fully saturated rings. The largest absolute Gasteiger partial charge is 0.490 e. The molecule has 0 saturated heterocycles. The molecule has 136 valence electrons. The van der Waals surface area contributed by atoms with Gasteiger partial charge in [-0.05, 0) is 31.5 Å². The number of ether oxygens (including phenoxy) is 1. The number of anilines is 2. The van der Waals surface area contributed by atoms with Crippen molar-refractivity contribution in [2.75, 3.05) is 12.4 Å². The molecule has 4 aromatic rings. The van der Waals surface area contributed by atoms with Gasteiger partial charge in [-0.2, -0.15) is 0 Å².